The number of H-pyrrole nitrogens is 1. The maximum atomic E-state index is 4.34. The second kappa shape index (κ2) is 3.03. The summed E-state index contributed by atoms with van der Waals surface area (Å²) in [4.78, 5) is 9.35. The lowest BCUT2D eigenvalue weighted by Gasteiger charge is -1.98. The smallest absolute Gasteiger partial charge is 0.102 e. The lowest BCUT2D eigenvalue weighted by atomic mass is 10.3. The SMILES string of the molecule is CSc1cc(S)c2nc[nH]c2c1. The van der Waals surface area contributed by atoms with Gasteiger partial charge < -0.3 is 4.98 Å². The number of aromatic nitrogens is 2. The molecule has 0 saturated carbocycles. The molecule has 1 N–H and O–H groups in total. The van der Waals surface area contributed by atoms with Crippen LogP contribution in [0, 0.1) is 0 Å². The molecule has 0 bridgehead atoms. The second-order valence-electron chi connectivity index (χ2n) is 2.45. The van der Waals surface area contributed by atoms with E-state index in [0.29, 0.717) is 0 Å². The molecule has 1 aromatic carbocycles. The molecule has 1 aromatic heterocycles. The predicted molar refractivity (Wildman–Crippen MR) is 55.1 cm³/mol. The van der Waals surface area contributed by atoms with Crippen molar-refractivity contribution in [1.82, 2.24) is 9.97 Å². The third-order valence-corrected chi connectivity index (χ3v) is 2.76. The molecule has 1 heterocycles. The van der Waals surface area contributed by atoms with Crippen LogP contribution in [0.25, 0.3) is 11.0 Å². The number of benzene rings is 1. The lowest BCUT2D eigenvalue weighted by Crippen LogP contribution is -1.75. The maximum absolute atomic E-state index is 4.34. The van der Waals surface area contributed by atoms with Gasteiger partial charge in [0.2, 0.25) is 0 Å². The van der Waals surface area contributed by atoms with E-state index in [2.05, 4.69) is 28.7 Å². The first kappa shape index (κ1) is 8.01. The number of rotatable bonds is 1. The lowest BCUT2D eigenvalue weighted by molar-refractivity contribution is 1.33. The van der Waals surface area contributed by atoms with Crippen molar-refractivity contribution in [3.63, 3.8) is 0 Å². The molecule has 2 nitrogen and oxygen atoms in total. The molecular formula is C8H8N2S2. The van der Waals surface area contributed by atoms with Gasteiger partial charge in [0.1, 0.15) is 5.52 Å². The Bertz CT molecular complexity index is 408. The molecule has 2 aromatic rings. The molecule has 0 radical (unpaired) electrons. The molecule has 12 heavy (non-hydrogen) atoms. The molecule has 0 atom stereocenters. The van der Waals surface area contributed by atoms with E-state index in [1.54, 1.807) is 18.1 Å². The number of hydrogen-bond donors (Lipinski definition) is 2. The summed E-state index contributed by atoms with van der Waals surface area (Å²) in [6.07, 6.45) is 3.74. The first-order valence-electron chi connectivity index (χ1n) is 3.51. The van der Waals surface area contributed by atoms with Crippen LogP contribution in [0.4, 0.5) is 0 Å². The molecule has 62 valence electrons. The quantitative estimate of drug-likeness (QED) is 0.542. The van der Waals surface area contributed by atoms with E-state index >= 15 is 0 Å². The van der Waals surface area contributed by atoms with Crippen molar-refractivity contribution < 1.29 is 0 Å². The molecule has 0 aliphatic heterocycles. The summed E-state index contributed by atoms with van der Waals surface area (Å²) >= 11 is 6.05. The van der Waals surface area contributed by atoms with Crippen molar-refractivity contribution in [3.8, 4) is 0 Å². The summed E-state index contributed by atoms with van der Waals surface area (Å²) in [7, 11) is 0. The van der Waals surface area contributed by atoms with E-state index in [0.717, 1.165) is 15.9 Å². The van der Waals surface area contributed by atoms with Gasteiger partial charge in [0.25, 0.3) is 0 Å². The topological polar surface area (TPSA) is 28.7 Å². The molecule has 0 fully saturated rings. The molecular weight excluding hydrogens is 188 g/mol. The Hall–Kier alpha value is -0.610. The van der Waals surface area contributed by atoms with Gasteiger partial charge in [0, 0.05) is 9.79 Å². The fourth-order valence-corrected chi connectivity index (χ4v) is 2.00. The normalized spacial score (nSPS) is 10.8. The number of hydrogen-bond acceptors (Lipinski definition) is 3. The highest BCUT2D eigenvalue weighted by Crippen LogP contribution is 2.25. The van der Waals surface area contributed by atoms with Gasteiger partial charge in [0.05, 0.1) is 11.8 Å². The Morgan fingerprint density at radius 2 is 2.33 bits per heavy atom. The number of aromatic amines is 1. The molecule has 0 unspecified atom stereocenters. The highest BCUT2D eigenvalue weighted by atomic mass is 32.2. The average Bonchev–Trinajstić information content (AvgIpc) is 2.52. The third-order valence-electron chi connectivity index (χ3n) is 1.71. The van der Waals surface area contributed by atoms with Crippen LogP contribution < -0.4 is 0 Å². The second-order valence-corrected chi connectivity index (χ2v) is 3.81. The number of thiol groups is 1. The minimum Gasteiger partial charge on any atom is -0.345 e. The average molecular weight is 196 g/mol. The Labute approximate surface area is 80.2 Å². The van der Waals surface area contributed by atoms with Gasteiger partial charge in [-0.3, -0.25) is 0 Å². The maximum Gasteiger partial charge on any atom is 0.102 e. The summed E-state index contributed by atoms with van der Waals surface area (Å²) in [5.41, 5.74) is 1.99. The number of nitrogens with one attached hydrogen (secondary N) is 1. The van der Waals surface area contributed by atoms with Crippen LogP contribution in [-0.4, -0.2) is 16.2 Å². The van der Waals surface area contributed by atoms with E-state index in [1.807, 2.05) is 12.3 Å². The Kier molecular flexibility index (Phi) is 2.02. The van der Waals surface area contributed by atoms with E-state index in [1.165, 1.54) is 4.90 Å². The van der Waals surface area contributed by atoms with Crippen molar-refractivity contribution in [2.24, 2.45) is 0 Å². The molecule has 4 heteroatoms. The fraction of sp³-hybridized carbons (Fsp3) is 0.125. The number of nitrogens with zero attached hydrogens (tertiary/aromatic N) is 1. The van der Waals surface area contributed by atoms with Gasteiger partial charge in [-0.2, -0.15) is 0 Å². The Morgan fingerprint density at radius 1 is 1.50 bits per heavy atom. The largest absolute Gasteiger partial charge is 0.345 e. The van der Waals surface area contributed by atoms with E-state index < -0.39 is 0 Å². The van der Waals surface area contributed by atoms with E-state index in [4.69, 9.17) is 0 Å². The highest BCUT2D eigenvalue weighted by Gasteiger charge is 2.01. The molecule has 2 rings (SSSR count). The summed E-state index contributed by atoms with van der Waals surface area (Å²) in [6, 6.07) is 4.10. The molecule has 0 aliphatic rings. The van der Waals surface area contributed by atoms with E-state index in [-0.39, 0.29) is 0 Å². The summed E-state index contributed by atoms with van der Waals surface area (Å²) in [5.74, 6) is 0. The standard InChI is InChI=1S/C8H8N2S2/c1-12-5-2-6-8(7(11)3-5)10-4-9-6/h2-4,11H,1H3,(H,9,10). The first-order valence-corrected chi connectivity index (χ1v) is 5.18. The zero-order chi connectivity index (χ0) is 8.55. The van der Waals surface area contributed by atoms with Gasteiger partial charge in [-0.15, -0.1) is 24.4 Å². The number of imidazole rings is 1. The molecule has 0 aliphatic carbocycles. The molecule has 0 amide bonds. The van der Waals surface area contributed by atoms with Gasteiger partial charge in [-0.05, 0) is 18.4 Å². The first-order chi connectivity index (χ1) is 5.81. The summed E-state index contributed by atoms with van der Waals surface area (Å²) in [5, 5.41) is 0. The van der Waals surface area contributed by atoms with Crippen molar-refractivity contribution in [2.45, 2.75) is 9.79 Å². The van der Waals surface area contributed by atoms with Crippen LogP contribution in [-0.2, 0) is 0 Å². The minimum absolute atomic E-state index is 0.929. The van der Waals surface area contributed by atoms with Crippen LogP contribution in [0.5, 0.6) is 0 Å². The van der Waals surface area contributed by atoms with Crippen LogP contribution in [0.3, 0.4) is 0 Å². The van der Waals surface area contributed by atoms with Crippen molar-refractivity contribution in [3.05, 3.63) is 18.5 Å². The number of thioether (sulfide) groups is 1. The molecule has 0 saturated heterocycles. The number of fused-ring (bicyclic) bond motifs is 1. The summed E-state index contributed by atoms with van der Waals surface area (Å²) in [6.45, 7) is 0. The van der Waals surface area contributed by atoms with Crippen LogP contribution in [0.15, 0.2) is 28.3 Å². The van der Waals surface area contributed by atoms with Gasteiger partial charge in [-0.1, -0.05) is 0 Å². The highest BCUT2D eigenvalue weighted by molar-refractivity contribution is 7.98. The monoisotopic (exact) mass is 196 g/mol. The summed E-state index contributed by atoms with van der Waals surface area (Å²) < 4.78 is 0. The predicted octanol–water partition coefficient (Wildman–Crippen LogP) is 2.57. The van der Waals surface area contributed by atoms with Gasteiger partial charge in [-0.25, -0.2) is 4.98 Å². The van der Waals surface area contributed by atoms with Crippen LogP contribution in [0.2, 0.25) is 0 Å². The van der Waals surface area contributed by atoms with Crippen LogP contribution >= 0.6 is 24.4 Å². The van der Waals surface area contributed by atoms with E-state index in [9.17, 15) is 0 Å². The Morgan fingerprint density at radius 3 is 3.08 bits per heavy atom. The minimum atomic E-state index is 0.929. The van der Waals surface area contributed by atoms with Gasteiger partial charge in [0.15, 0.2) is 0 Å². The Balaban J connectivity index is 2.75. The fourth-order valence-electron chi connectivity index (χ4n) is 1.12. The molecule has 0 spiro atoms. The third kappa shape index (κ3) is 1.21. The van der Waals surface area contributed by atoms with Crippen LogP contribution in [0.1, 0.15) is 0 Å². The zero-order valence-corrected chi connectivity index (χ0v) is 8.25. The van der Waals surface area contributed by atoms with Crippen molar-refractivity contribution >= 4 is 35.4 Å². The van der Waals surface area contributed by atoms with Crippen molar-refractivity contribution in [1.29, 1.82) is 0 Å². The van der Waals surface area contributed by atoms with Gasteiger partial charge >= 0.3 is 0 Å². The zero-order valence-electron chi connectivity index (χ0n) is 6.53. The van der Waals surface area contributed by atoms with Crippen molar-refractivity contribution in [2.75, 3.05) is 6.26 Å².